The topological polar surface area (TPSA) is 126 Å². The standard InChI is InChI=1S/C21H17N7O2/c22-14-10-13-6-9-28-17(13)15(11-14)16(12-4-2-1-3-5-12)25-19(21(28)30)26-20(29)18-23-7-8-24-27-18/h1-5,7-8,10-11,19H,6,9,22H2,(H,26,29). The minimum atomic E-state index is -1.13. The summed E-state index contributed by atoms with van der Waals surface area (Å²) in [4.78, 5) is 36.2. The maximum absolute atomic E-state index is 13.3. The van der Waals surface area contributed by atoms with Gasteiger partial charge in [0, 0.05) is 29.6 Å². The third-order valence-electron chi connectivity index (χ3n) is 5.10. The summed E-state index contributed by atoms with van der Waals surface area (Å²) in [7, 11) is 0. The van der Waals surface area contributed by atoms with E-state index in [0.717, 1.165) is 22.4 Å². The molecule has 148 valence electrons. The molecule has 2 aromatic carbocycles. The molecule has 0 radical (unpaired) electrons. The highest BCUT2D eigenvalue weighted by molar-refractivity contribution is 6.21. The van der Waals surface area contributed by atoms with Crippen LogP contribution >= 0.6 is 0 Å². The summed E-state index contributed by atoms with van der Waals surface area (Å²) in [5.74, 6) is -1.07. The van der Waals surface area contributed by atoms with Crippen LogP contribution in [0.1, 0.15) is 27.3 Å². The molecular formula is C21H17N7O2. The molecule has 2 amide bonds. The average molecular weight is 399 g/mol. The summed E-state index contributed by atoms with van der Waals surface area (Å²) >= 11 is 0. The first-order chi connectivity index (χ1) is 14.6. The molecule has 9 nitrogen and oxygen atoms in total. The molecule has 2 aliphatic heterocycles. The van der Waals surface area contributed by atoms with Crippen LogP contribution < -0.4 is 16.0 Å². The number of carbonyl (C=O) groups is 2. The van der Waals surface area contributed by atoms with Crippen molar-refractivity contribution < 1.29 is 9.59 Å². The minimum absolute atomic E-state index is 0.130. The van der Waals surface area contributed by atoms with E-state index >= 15 is 0 Å². The Kier molecular flexibility index (Phi) is 4.20. The number of amides is 2. The van der Waals surface area contributed by atoms with Crippen molar-refractivity contribution in [2.24, 2.45) is 4.99 Å². The molecule has 1 atom stereocenters. The number of benzene rings is 2. The Labute approximate surface area is 171 Å². The molecule has 0 spiro atoms. The number of hydrogen-bond acceptors (Lipinski definition) is 7. The minimum Gasteiger partial charge on any atom is -0.399 e. The van der Waals surface area contributed by atoms with Crippen molar-refractivity contribution in [2.45, 2.75) is 12.6 Å². The normalized spacial score (nSPS) is 17.2. The summed E-state index contributed by atoms with van der Waals surface area (Å²) in [5.41, 5.74) is 10.7. The van der Waals surface area contributed by atoms with Gasteiger partial charge in [-0.3, -0.25) is 9.59 Å². The van der Waals surface area contributed by atoms with Crippen LogP contribution in [0.15, 0.2) is 59.9 Å². The van der Waals surface area contributed by atoms with Gasteiger partial charge < -0.3 is 16.0 Å². The van der Waals surface area contributed by atoms with Crippen molar-refractivity contribution >= 4 is 28.9 Å². The predicted molar refractivity (Wildman–Crippen MR) is 110 cm³/mol. The quantitative estimate of drug-likeness (QED) is 0.632. The molecule has 0 aliphatic carbocycles. The molecule has 1 unspecified atom stereocenters. The first kappa shape index (κ1) is 17.9. The lowest BCUT2D eigenvalue weighted by molar-refractivity contribution is -0.120. The van der Waals surface area contributed by atoms with E-state index < -0.39 is 12.1 Å². The third-order valence-corrected chi connectivity index (χ3v) is 5.10. The summed E-state index contributed by atoms with van der Waals surface area (Å²) < 4.78 is 0. The van der Waals surface area contributed by atoms with E-state index in [1.807, 2.05) is 42.5 Å². The molecule has 0 bridgehead atoms. The Balaban J connectivity index is 1.64. The fourth-order valence-electron chi connectivity index (χ4n) is 3.84. The Bertz CT molecular complexity index is 1180. The monoisotopic (exact) mass is 399 g/mol. The molecule has 2 aliphatic rings. The molecule has 0 saturated carbocycles. The molecule has 0 saturated heterocycles. The van der Waals surface area contributed by atoms with E-state index in [1.165, 1.54) is 12.4 Å². The van der Waals surface area contributed by atoms with Gasteiger partial charge in [-0.25, -0.2) is 9.98 Å². The van der Waals surface area contributed by atoms with Crippen molar-refractivity contribution in [3.8, 4) is 0 Å². The van der Waals surface area contributed by atoms with E-state index in [2.05, 4.69) is 25.5 Å². The molecular weight excluding hydrogens is 382 g/mol. The number of hydrogen-bond donors (Lipinski definition) is 2. The van der Waals surface area contributed by atoms with Crippen LogP contribution in [0, 0.1) is 0 Å². The zero-order valence-corrected chi connectivity index (χ0v) is 15.8. The maximum Gasteiger partial charge on any atom is 0.293 e. The van der Waals surface area contributed by atoms with Crippen LogP contribution in [0.2, 0.25) is 0 Å². The number of nitrogen functional groups attached to an aromatic ring is 1. The van der Waals surface area contributed by atoms with Gasteiger partial charge in [0.25, 0.3) is 11.8 Å². The zero-order valence-electron chi connectivity index (χ0n) is 15.8. The second-order valence-corrected chi connectivity index (χ2v) is 7.00. The molecule has 5 rings (SSSR count). The van der Waals surface area contributed by atoms with Crippen LogP contribution in [0.25, 0.3) is 0 Å². The predicted octanol–water partition coefficient (Wildman–Crippen LogP) is 0.950. The smallest absolute Gasteiger partial charge is 0.293 e. The Hall–Kier alpha value is -4.14. The van der Waals surface area contributed by atoms with Crippen LogP contribution in [0.4, 0.5) is 11.4 Å². The lowest BCUT2D eigenvalue weighted by Gasteiger charge is -2.20. The number of nitrogens with one attached hydrogen (secondary N) is 1. The summed E-state index contributed by atoms with van der Waals surface area (Å²) in [6.45, 7) is 0.498. The van der Waals surface area contributed by atoms with Gasteiger partial charge in [0.2, 0.25) is 12.0 Å². The largest absolute Gasteiger partial charge is 0.399 e. The molecule has 3 heterocycles. The fourth-order valence-corrected chi connectivity index (χ4v) is 3.84. The highest BCUT2D eigenvalue weighted by Gasteiger charge is 2.37. The summed E-state index contributed by atoms with van der Waals surface area (Å²) in [6.07, 6.45) is 2.29. The van der Waals surface area contributed by atoms with Crippen LogP contribution in [0.5, 0.6) is 0 Å². The van der Waals surface area contributed by atoms with Gasteiger partial charge in [-0.15, -0.1) is 5.10 Å². The molecule has 3 N–H and O–H groups in total. The van der Waals surface area contributed by atoms with Crippen molar-refractivity contribution in [1.82, 2.24) is 20.5 Å². The first-order valence-electron chi connectivity index (χ1n) is 9.44. The van der Waals surface area contributed by atoms with Gasteiger partial charge in [0.05, 0.1) is 17.6 Å². The zero-order chi connectivity index (χ0) is 20.7. The highest BCUT2D eigenvalue weighted by Crippen LogP contribution is 2.37. The number of rotatable bonds is 3. The molecule has 9 heteroatoms. The second-order valence-electron chi connectivity index (χ2n) is 7.00. The number of aliphatic imine (C=N–C) groups is 1. The van der Waals surface area contributed by atoms with Crippen LogP contribution in [-0.4, -0.2) is 45.4 Å². The molecule has 1 aromatic heterocycles. The van der Waals surface area contributed by atoms with E-state index in [1.54, 1.807) is 4.90 Å². The van der Waals surface area contributed by atoms with Gasteiger partial charge in [-0.1, -0.05) is 30.3 Å². The van der Waals surface area contributed by atoms with Crippen LogP contribution in [-0.2, 0) is 11.2 Å². The third kappa shape index (κ3) is 2.96. The summed E-state index contributed by atoms with van der Waals surface area (Å²) in [6, 6.07) is 13.2. The van der Waals surface area contributed by atoms with E-state index in [4.69, 9.17) is 5.73 Å². The molecule has 3 aromatic rings. The first-order valence-corrected chi connectivity index (χ1v) is 9.44. The Morgan fingerprint density at radius 2 is 2.00 bits per heavy atom. The lowest BCUT2D eigenvalue weighted by atomic mass is 9.97. The van der Waals surface area contributed by atoms with Crippen molar-refractivity contribution in [3.63, 3.8) is 0 Å². The van der Waals surface area contributed by atoms with Gasteiger partial charge in [-0.2, -0.15) is 5.10 Å². The summed E-state index contributed by atoms with van der Waals surface area (Å²) in [5, 5.41) is 10.0. The van der Waals surface area contributed by atoms with Gasteiger partial charge >= 0.3 is 0 Å². The van der Waals surface area contributed by atoms with Gasteiger partial charge in [0.1, 0.15) is 0 Å². The van der Waals surface area contributed by atoms with Gasteiger partial charge in [-0.05, 0) is 24.1 Å². The molecule has 0 fully saturated rings. The van der Waals surface area contributed by atoms with E-state index in [-0.39, 0.29) is 11.7 Å². The maximum atomic E-state index is 13.3. The highest BCUT2D eigenvalue weighted by atomic mass is 16.2. The molecule has 30 heavy (non-hydrogen) atoms. The number of anilines is 2. The average Bonchev–Trinajstić information content (AvgIpc) is 3.16. The second kappa shape index (κ2) is 7.03. The van der Waals surface area contributed by atoms with E-state index in [0.29, 0.717) is 24.4 Å². The van der Waals surface area contributed by atoms with Crippen LogP contribution in [0.3, 0.4) is 0 Å². The number of carbonyl (C=O) groups excluding carboxylic acids is 2. The number of nitrogens with two attached hydrogens (primary N) is 1. The Morgan fingerprint density at radius 1 is 1.17 bits per heavy atom. The number of nitrogens with zero attached hydrogens (tertiary/aromatic N) is 5. The Morgan fingerprint density at radius 3 is 2.77 bits per heavy atom. The van der Waals surface area contributed by atoms with Crippen molar-refractivity contribution in [2.75, 3.05) is 17.2 Å². The van der Waals surface area contributed by atoms with Crippen molar-refractivity contribution in [1.29, 1.82) is 0 Å². The fraction of sp³-hybridized carbons (Fsp3) is 0.143. The van der Waals surface area contributed by atoms with Crippen molar-refractivity contribution in [3.05, 3.63) is 77.4 Å². The SMILES string of the molecule is Nc1cc2c3c(c1)C(c1ccccc1)=NC(NC(=O)c1nccnn1)C(=O)N3CC2. The number of aromatic nitrogens is 3. The lowest BCUT2D eigenvalue weighted by Crippen LogP contribution is -2.47. The van der Waals surface area contributed by atoms with E-state index in [9.17, 15) is 9.59 Å². The van der Waals surface area contributed by atoms with Gasteiger partial charge in [0.15, 0.2) is 0 Å².